The van der Waals surface area contributed by atoms with Gasteiger partial charge in [0.05, 0.1) is 18.8 Å². The van der Waals surface area contributed by atoms with Crippen LogP contribution in [0, 0.1) is 0 Å². The third-order valence-electron chi connectivity index (χ3n) is 3.87. The van der Waals surface area contributed by atoms with Gasteiger partial charge in [0.2, 0.25) is 0 Å². The van der Waals surface area contributed by atoms with Crippen molar-refractivity contribution in [2.24, 2.45) is 4.99 Å². The van der Waals surface area contributed by atoms with E-state index in [-0.39, 0.29) is 24.0 Å². The Balaban J connectivity index is 0.00000261. The number of halogens is 1. The minimum atomic E-state index is 0. The minimum absolute atomic E-state index is 0. The first kappa shape index (κ1) is 21.0. The van der Waals surface area contributed by atoms with Gasteiger partial charge < -0.3 is 15.4 Å². The molecule has 3 rings (SSSR count). The summed E-state index contributed by atoms with van der Waals surface area (Å²) < 4.78 is 5.95. The Morgan fingerprint density at radius 1 is 1.00 bits per heavy atom. The number of fused-ring (bicyclic) bond motifs is 1. The second-order valence-electron chi connectivity index (χ2n) is 5.77. The molecule has 1 aromatic heterocycles. The van der Waals surface area contributed by atoms with Gasteiger partial charge in [-0.05, 0) is 30.5 Å². The Morgan fingerprint density at radius 3 is 2.63 bits per heavy atom. The Hall–Kier alpha value is -2.35. The highest BCUT2D eigenvalue weighted by molar-refractivity contribution is 14.0. The molecule has 1 heterocycles. The second kappa shape index (κ2) is 11.4. The summed E-state index contributed by atoms with van der Waals surface area (Å²) in [6.45, 7) is 4.61. The van der Waals surface area contributed by atoms with Crippen LogP contribution in [0.4, 0.5) is 0 Å². The summed E-state index contributed by atoms with van der Waals surface area (Å²) in [5.41, 5.74) is 0.941. The zero-order valence-electron chi connectivity index (χ0n) is 15.4. The largest absolute Gasteiger partial charge is 0.491 e. The average molecular weight is 476 g/mol. The van der Waals surface area contributed by atoms with Gasteiger partial charge >= 0.3 is 0 Å². The maximum atomic E-state index is 5.95. The van der Waals surface area contributed by atoms with Crippen LogP contribution in [0.1, 0.15) is 12.6 Å². The highest BCUT2D eigenvalue weighted by Crippen LogP contribution is 2.24. The Labute approximate surface area is 177 Å². The molecule has 0 fully saturated rings. The molecular weight excluding hydrogens is 451 g/mol. The van der Waals surface area contributed by atoms with Gasteiger partial charge in [-0.2, -0.15) is 0 Å². The van der Waals surface area contributed by atoms with Gasteiger partial charge in [0, 0.05) is 18.1 Å². The number of aliphatic imine (C=N–C) groups is 1. The molecule has 0 saturated carbocycles. The lowest BCUT2D eigenvalue weighted by atomic mass is 10.1. The van der Waals surface area contributed by atoms with Crippen LogP contribution < -0.4 is 15.4 Å². The minimum Gasteiger partial charge on any atom is -0.491 e. The molecule has 0 radical (unpaired) electrons. The van der Waals surface area contributed by atoms with E-state index in [4.69, 9.17) is 4.74 Å². The molecule has 0 spiro atoms. The number of hydrogen-bond donors (Lipinski definition) is 2. The Kier molecular flexibility index (Phi) is 8.83. The van der Waals surface area contributed by atoms with Crippen molar-refractivity contribution in [2.75, 3.05) is 19.7 Å². The molecule has 0 aliphatic heterocycles. The molecule has 0 aliphatic carbocycles. The highest BCUT2D eigenvalue weighted by Gasteiger charge is 2.02. The second-order valence-corrected chi connectivity index (χ2v) is 5.77. The topological polar surface area (TPSA) is 58.5 Å². The number of benzene rings is 2. The van der Waals surface area contributed by atoms with Crippen LogP contribution >= 0.6 is 24.0 Å². The first-order valence-corrected chi connectivity index (χ1v) is 8.89. The summed E-state index contributed by atoms with van der Waals surface area (Å²) in [7, 11) is 0. The molecule has 0 aliphatic rings. The molecule has 0 amide bonds. The van der Waals surface area contributed by atoms with Crippen LogP contribution in [-0.4, -0.2) is 30.6 Å². The number of pyridine rings is 1. The third-order valence-corrected chi connectivity index (χ3v) is 3.87. The third kappa shape index (κ3) is 6.39. The van der Waals surface area contributed by atoms with Gasteiger partial charge in [0.1, 0.15) is 12.4 Å². The van der Waals surface area contributed by atoms with Gasteiger partial charge in [-0.3, -0.25) is 4.98 Å². The molecule has 142 valence electrons. The molecule has 0 saturated heterocycles. The molecule has 5 nitrogen and oxygen atoms in total. The van der Waals surface area contributed by atoms with Crippen molar-refractivity contribution >= 4 is 40.7 Å². The summed E-state index contributed by atoms with van der Waals surface area (Å²) in [5.74, 6) is 1.67. The van der Waals surface area contributed by atoms with E-state index in [1.807, 2.05) is 49.4 Å². The highest BCUT2D eigenvalue weighted by atomic mass is 127. The lowest BCUT2D eigenvalue weighted by molar-refractivity contribution is 0.325. The van der Waals surface area contributed by atoms with Gasteiger partial charge in [0.25, 0.3) is 0 Å². The summed E-state index contributed by atoms with van der Waals surface area (Å²) in [6, 6.07) is 20.2. The quantitative estimate of drug-likeness (QED) is 0.235. The van der Waals surface area contributed by atoms with E-state index in [9.17, 15) is 0 Å². The molecule has 0 bridgehead atoms. The van der Waals surface area contributed by atoms with Crippen LogP contribution in [0.5, 0.6) is 5.75 Å². The lowest BCUT2D eigenvalue weighted by Crippen LogP contribution is -2.39. The molecule has 3 aromatic rings. The van der Waals surface area contributed by atoms with E-state index in [2.05, 4.69) is 38.8 Å². The number of rotatable bonds is 7. The number of guanidine groups is 1. The molecular formula is C21H25IN4O. The van der Waals surface area contributed by atoms with Crippen LogP contribution in [0.25, 0.3) is 10.8 Å². The predicted octanol–water partition coefficient (Wildman–Crippen LogP) is 3.99. The summed E-state index contributed by atoms with van der Waals surface area (Å²) in [6.07, 6.45) is 1.78. The molecule has 2 N–H and O–H groups in total. The van der Waals surface area contributed by atoms with Crippen molar-refractivity contribution < 1.29 is 4.74 Å². The van der Waals surface area contributed by atoms with Crippen LogP contribution in [0.3, 0.4) is 0 Å². The van der Waals surface area contributed by atoms with Gasteiger partial charge in [-0.15, -0.1) is 24.0 Å². The zero-order chi connectivity index (χ0) is 18.0. The van der Waals surface area contributed by atoms with Crippen LogP contribution in [0.2, 0.25) is 0 Å². The molecule has 0 unspecified atom stereocenters. The van der Waals surface area contributed by atoms with E-state index in [1.54, 1.807) is 6.20 Å². The van der Waals surface area contributed by atoms with Gasteiger partial charge in [0.15, 0.2) is 5.96 Å². The smallest absolute Gasteiger partial charge is 0.191 e. The van der Waals surface area contributed by atoms with E-state index in [1.165, 1.54) is 5.39 Å². The van der Waals surface area contributed by atoms with Crippen molar-refractivity contribution in [2.45, 2.75) is 13.5 Å². The van der Waals surface area contributed by atoms with E-state index in [0.29, 0.717) is 19.7 Å². The molecule has 2 aromatic carbocycles. The van der Waals surface area contributed by atoms with Crippen molar-refractivity contribution in [1.82, 2.24) is 15.6 Å². The number of nitrogens with one attached hydrogen (secondary N) is 2. The first-order valence-electron chi connectivity index (χ1n) is 8.89. The summed E-state index contributed by atoms with van der Waals surface area (Å²) in [5, 5.41) is 8.85. The van der Waals surface area contributed by atoms with Gasteiger partial charge in [-0.1, -0.05) is 42.5 Å². The number of hydrogen-bond acceptors (Lipinski definition) is 3. The molecule has 27 heavy (non-hydrogen) atoms. The number of nitrogens with zero attached hydrogens (tertiary/aromatic N) is 2. The number of aromatic nitrogens is 1. The fourth-order valence-electron chi connectivity index (χ4n) is 2.65. The van der Waals surface area contributed by atoms with Crippen molar-refractivity contribution in [3.05, 3.63) is 72.6 Å². The zero-order valence-corrected chi connectivity index (χ0v) is 17.7. The first-order chi connectivity index (χ1) is 12.9. The summed E-state index contributed by atoms with van der Waals surface area (Å²) in [4.78, 5) is 8.84. The maximum absolute atomic E-state index is 5.95. The molecule has 0 atom stereocenters. The predicted molar refractivity (Wildman–Crippen MR) is 122 cm³/mol. The van der Waals surface area contributed by atoms with E-state index >= 15 is 0 Å². The standard InChI is InChI=1S/C21H24N4O.HI/c1-2-22-21(25-16-18-10-5-6-13-23-18)24-14-15-26-20-12-7-9-17-8-3-4-11-19(17)20;/h3-13H,2,14-16H2,1H3,(H2,22,24,25);1H. The normalized spacial score (nSPS) is 10.9. The van der Waals surface area contributed by atoms with E-state index < -0.39 is 0 Å². The Morgan fingerprint density at radius 2 is 1.81 bits per heavy atom. The Bertz CT molecular complexity index is 850. The lowest BCUT2D eigenvalue weighted by Gasteiger charge is -2.13. The van der Waals surface area contributed by atoms with Crippen molar-refractivity contribution in [3.8, 4) is 5.75 Å². The maximum Gasteiger partial charge on any atom is 0.191 e. The van der Waals surface area contributed by atoms with Crippen LogP contribution in [-0.2, 0) is 6.54 Å². The SMILES string of the molecule is CCNC(=NCc1ccccn1)NCCOc1cccc2ccccc12.I. The fraction of sp³-hybridized carbons (Fsp3) is 0.238. The average Bonchev–Trinajstić information content (AvgIpc) is 2.70. The van der Waals surface area contributed by atoms with E-state index in [0.717, 1.165) is 29.3 Å². The fourth-order valence-corrected chi connectivity index (χ4v) is 2.65. The van der Waals surface area contributed by atoms with Crippen molar-refractivity contribution in [1.29, 1.82) is 0 Å². The summed E-state index contributed by atoms with van der Waals surface area (Å²) >= 11 is 0. The number of ether oxygens (including phenoxy) is 1. The van der Waals surface area contributed by atoms with Gasteiger partial charge in [-0.25, -0.2) is 4.99 Å². The van der Waals surface area contributed by atoms with Crippen LogP contribution in [0.15, 0.2) is 71.9 Å². The molecule has 6 heteroatoms. The monoisotopic (exact) mass is 476 g/mol. The van der Waals surface area contributed by atoms with Crippen molar-refractivity contribution in [3.63, 3.8) is 0 Å².